The van der Waals surface area contributed by atoms with Crippen molar-refractivity contribution in [3.05, 3.63) is 11.6 Å². The molecule has 0 saturated carbocycles. The Bertz CT molecular complexity index is 318. The number of rotatable bonds is 4. The first kappa shape index (κ1) is 12.7. The minimum Gasteiger partial charge on any atom is -0.467 e. The maximum absolute atomic E-state index is 11.6. The Morgan fingerprint density at radius 1 is 1.50 bits per heavy atom. The molecule has 1 N–H and O–H groups in total. The summed E-state index contributed by atoms with van der Waals surface area (Å²) in [5.41, 5.74) is -0.0335. The van der Waals surface area contributed by atoms with Crippen molar-refractivity contribution in [3.63, 3.8) is 0 Å². The molecule has 1 fully saturated rings. The second-order valence-corrected chi connectivity index (χ2v) is 3.90. The Labute approximate surface area is 94.8 Å². The van der Waals surface area contributed by atoms with Gasteiger partial charge in [0, 0.05) is 6.08 Å². The Balaban J connectivity index is 2.64. The summed E-state index contributed by atoms with van der Waals surface area (Å²) >= 11 is 0. The van der Waals surface area contributed by atoms with Gasteiger partial charge >= 0.3 is 5.97 Å². The molecule has 0 aromatic carbocycles. The van der Waals surface area contributed by atoms with Gasteiger partial charge in [-0.3, -0.25) is 4.79 Å². The first-order valence-corrected chi connectivity index (χ1v) is 5.19. The molecule has 1 saturated heterocycles. The molecule has 5 nitrogen and oxygen atoms in total. The smallest absolute Gasteiger partial charge is 0.336 e. The third kappa shape index (κ3) is 2.61. The molecule has 1 rings (SSSR count). The number of ether oxygens (including phenoxy) is 2. The second-order valence-electron chi connectivity index (χ2n) is 3.90. The molecule has 0 aromatic heterocycles. The van der Waals surface area contributed by atoms with Gasteiger partial charge in [0.1, 0.15) is 0 Å². The molecule has 1 heterocycles. The molecule has 90 valence electrons. The fourth-order valence-corrected chi connectivity index (χ4v) is 1.34. The summed E-state index contributed by atoms with van der Waals surface area (Å²) in [6.45, 7) is 4.16. The van der Waals surface area contributed by atoms with Crippen molar-refractivity contribution in [1.82, 2.24) is 5.32 Å². The standard InChI is InChI=1S/C11H17NO4/c1-4-8(2)5-9(13)12-11(6-16-7-11)10(14)15-3/h5H,4,6-7H2,1-3H3,(H,12,13)/b8-5+. The van der Waals surface area contributed by atoms with E-state index in [2.05, 4.69) is 10.1 Å². The van der Waals surface area contributed by atoms with Crippen LogP contribution < -0.4 is 5.32 Å². The van der Waals surface area contributed by atoms with Gasteiger partial charge in [-0.2, -0.15) is 0 Å². The van der Waals surface area contributed by atoms with E-state index in [0.717, 1.165) is 12.0 Å². The van der Waals surface area contributed by atoms with Crippen LogP contribution in [0.1, 0.15) is 20.3 Å². The number of allylic oxidation sites excluding steroid dienone is 1. The van der Waals surface area contributed by atoms with E-state index in [1.54, 1.807) is 0 Å². The normalized spacial score (nSPS) is 18.6. The first-order valence-electron chi connectivity index (χ1n) is 5.19. The number of esters is 1. The minimum atomic E-state index is -0.990. The van der Waals surface area contributed by atoms with Crippen LogP contribution in [0, 0.1) is 0 Å². The van der Waals surface area contributed by atoms with E-state index in [1.807, 2.05) is 13.8 Å². The van der Waals surface area contributed by atoms with Crippen LogP contribution in [0.3, 0.4) is 0 Å². The predicted octanol–water partition coefficient (Wildman–Crippen LogP) is 0.401. The summed E-state index contributed by atoms with van der Waals surface area (Å²) < 4.78 is 9.59. The number of nitrogens with one attached hydrogen (secondary N) is 1. The van der Waals surface area contributed by atoms with Crippen LogP contribution in [0.25, 0.3) is 0 Å². The molecule has 0 spiro atoms. The summed E-state index contributed by atoms with van der Waals surface area (Å²) in [4.78, 5) is 23.1. The van der Waals surface area contributed by atoms with Gasteiger partial charge in [0.25, 0.3) is 0 Å². The zero-order valence-electron chi connectivity index (χ0n) is 9.83. The van der Waals surface area contributed by atoms with E-state index >= 15 is 0 Å². The zero-order chi connectivity index (χ0) is 12.2. The monoisotopic (exact) mass is 227 g/mol. The summed E-state index contributed by atoms with van der Waals surface area (Å²) in [5.74, 6) is -0.747. The second kappa shape index (κ2) is 5.12. The summed E-state index contributed by atoms with van der Waals surface area (Å²) in [6, 6.07) is 0. The number of hydrogen-bond donors (Lipinski definition) is 1. The summed E-state index contributed by atoms with van der Waals surface area (Å²) in [6.07, 6.45) is 2.29. The number of carbonyl (C=O) groups is 2. The highest BCUT2D eigenvalue weighted by atomic mass is 16.5. The number of carbonyl (C=O) groups excluding carboxylic acids is 2. The lowest BCUT2D eigenvalue weighted by Crippen LogP contribution is -2.67. The van der Waals surface area contributed by atoms with E-state index in [4.69, 9.17) is 4.74 Å². The SMILES string of the molecule is CC/C(C)=C/C(=O)NC1(C(=O)OC)COC1. The zero-order valence-corrected chi connectivity index (χ0v) is 9.83. The summed E-state index contributed by atoms with van der Waals surface area (Å²) in [5, 5.41) is 2.63. The molecule has 0 unspecified atom stereocenters. The fourth-order valence-electron chi connectivity index (χ4n) is 1.34. The third-order valence-electron chi connectivity index (χ3n) is 2.57. The van der Waals surface area contributed by atoms with Crippen molar-refractivity contribution in [3.8, 4) is 0 Å². The van der Waals surface area contributed by atoms with Gasteiger partial charge in [-0.15, -0.1) is 0 Å². The highest BCUT2D eigenvalue weighted by Crippen LogP contribution is 2.18. The molecule has 0 radical (unpaired) electrons. The number of amides is 1. The molecular weight excluding hydrogens is 210 g/mol. The van der Waals surface area contributed by atoms with Crippen molar-refractivity contribution >= 4 is 11.9 Å². The van der Waals surface area contributed by atoms with Crippen molar-refractivity contribution < 1.29 is 19.1 Å². The van der Waals surface area contributed by atoms with Crippen LogP contribution in [0.2, 0.25) is 0 Å². The molecule has 1 aliphatic rings. The van der Waals surface area contributed by atoms with Crippen LogP contribution in [-0.2, 0) is 19.1 Å². The average Bonchev–Trinajstić information content (AvgIpc) is 2.22. The average molecular weight is 227 g/mol. The van der Waals surface area contributed by atoms with Crippen LogP contribution in [0.5, 0.6) is 0 Å². The Morgan fingerprint density at radius 2 is 2.12 bits per heavy atom. The molecule has 0 atom stereocenters. The van der Waals surface area contributed by atoms with Crippen molar-refractivity contribution in [1.29, 1.82) is 0 Å². The van der Waals surface area contributed by atoms with E-state index in [1.165, 1.54) is 13.2 Å². The van der Waals surface area contributed by atoms with Crippen LogP contribution in [0.4, 0.5) is 0 Å². The van der Waals surface area contributed by atoms with Crippen molar-refractivity contribution in [2.75, 3.05) is 20.3 Å². The summed E-state index contributed by atoms with van der Waals surface area (Å²) in [7, 11) is 1.29. The Kier molecular flexibility index (Phi) is 4.06. The fraction of sp³-hybridized carbons (Fsp3) is 0.636. The van der Waals surface area contributed by atoms with Crippen LogP contribution in [0.15, 0.2) is 11.6 Å². The lowest BCUT2D eigenvalue weighted by Gasteiger charge is -2.38. The lowest BCUT2D eigenvalue weighted by atomic mass is 9.97. The first-order chi connectivity index (χ1) is 7.54. The van der Waals surface area contributed by atoms with E-state index in [9.17, 15) is 9.59 Å². The largest absolute Gasteiger partial charge is 0.467 e. The topological polar surface area (TPSA) is 64.6 Å². The maximum Gasteiger partial charge on any atom is 0.336 e. The molecule has 0 bridgehead atoms. The van der Waals surface area contributed by atoms with Gasteiger partial charge in [0.15, 0.2) is 5.54 Å². The Morgan fingerprint density at radius 3 is 2.50 bits per heavy atom. The van der Waals surface area contributed by atoms with Gasteiger partial charge in [-0.05, 0) is 13.3 Å². The van der Waals surface area contributed by atoms with Gasteiger partial charge < -0.3 is 14.8 Å². The molecule has 5 heteroatoms. The molecule has 16 heavy (non-hydrogen) atoms. The van der Waals surface area contributed by atoms with Gasteiger partial charge in [0.05, 0.1) is 20.3 Å². The van der Waals surface area contributed by atoms with Gasteiger partial charge in [0.2, 0.25) is 5.91 Å². The number of methoxy groups -OCH3 is 1. The predicted molar refractivity (Wildman–Crippen MR) is 57.8 cm³/mol. The number of hydrogen-bond acceptors (Lipinski definition) is 4. The Hall–Kier alpha value is -1.36. The molecule has 1 aliphatic heterocycles. The van der Waals surface area contributed by atoms with E-state index in [0.29, 0.717) is 0 Å². The maximum atomic E-state index is 11.6. The van der Waals surface area contributed by atoms with E-state index < -0.39 is 11.5 Å². The van der Waals surface area contributed by atoms with Crippen molar-refractivity contribution in [2.24, 2.45) is 0 Å². The minimum absolute atomic E-state index is 0.171. The molecule has 1 amide bonds. The van der Waals surface area contributed by atoms with Crippen LogP contribution in [-0.4, -0.2) is 37.7 Å². The lowest BCUT2D eigenvalue weighted by molar-refractivity contribution is -0.171. The molecule has 0 aliphatic carbocycles. The highest BCUT2D eigenvalue weighted by Gasteiger charge is 2.48. The van der Waals surface area contributed by atoms with Crippen molar-refractivity contribution in [2.45, 2.75) is 25.8 Å². The molecular formula is C11H17NO4. The van der Waals surface area contributed by atoms with Gasteiger partial charge in [-0.25, -0.2) is 4.79 Å². The highest BCUT2D eigenvalue weighted by molar-refractivity contribution is 5.94. The third-order valence-corrected chi connectivity index (χ3v) is 2.57. The quantitative estimate of drug-likeness (QED) is 0.557. The molecule has 0 aromatic rings. The van der Waals surface area contributed by atoms with Crippen LogP contribution >= 0.6 is 0 Å². The van der Waals surface area contributed by atoms with Gasteiger partial charge in [-0.1, -0.05) is 12.5 Å². The van der Waals surface area contributed by atoms with E-state index in [-0.39, 0.29) is 19.1 Å².